The normalized spacial score (nSPS) is 10.5. The standard InChI is InChI=1S/C15H9FN2O2S/c1-17-10-7-21-14-11(8-3-5-9(16)6-4-8)13(15(19)20-2)18-12(10)14/h3-7,18H,2H3. The SMILES string of the molecule is [C-]#[N+]c1csc2c(-c3ccc(F)cc3)c(C(=O)OC)[nH]c12. The smallest absolute Gasteiger partial charge is 0.355 e. The van der Waals surface area contributed by atoms with Crippen LogP contribution in [0.15, 0.2) is 29.6 Å². The fourth-order valence-corrected chi connectivity index (χ4v) is 3.20. The molecule has 0 aliphatic heterocycles. The molecule has 1 N–H and O–H groups in total. The van der Waals surface area contributed by atoms with E-state index in [0.29, 0.717) is 22.3 Å². The Morgan fingerprint density at radius 1 is 1.38 bits per heavy atom. The van der Waals surface area contributed by atoms with E-state index >= 15 is 0 Å². The molecule has 3 aromatic rings. The van der Waals surface area contributed by atoms with Gasteiger partial charge in [-0.15, -0.1) is 0 Å². The molecule has 104 valence electrons. The number of carbonyl (C=O) groups is 1. The minimum Gasteiger partial charge on any atom is -0.464 e. The Morgan fingerprint density at radius 2 is 2.10 bits per heavy atom. The molecule has 0 saturated carbocycles. The summed E-state index contributed by atoms with van der Waals surface area (Å²) >= 11 is 1.37. The maximum Gasteiger partial charge on any atom is 0.355 e. The van der Waals surface area contributed by atoms with Crippen molar-refractivity contribution in [2.75, 3.05) is 7.11 Å². The third-order valence-electron chi connectivity index (χ3n) is 3.14. The van der Waals surface area contributed by atoms with Crippen molar-refractivity contribution in [1.82, 2.24) is 4.98 Å². The van der Waals surface area contributed by atoms with Crippen LogP contribution in [0.1, 0.15) is 10.5 Å². The minimum absolute atomic E-state index is 0.274. The monoisotopic (exact) mass is 300 g/mol. The number of hydrogen-bond acceptors (Lipinski definition) is 3. The molecule has 2 aromatic heterocycles. The van der Waals surface area contributed by atoms with Gasteiger partial charge in [-0.3, -0.25) is 0 Å². The first kappa shape index (κ1) is 13.3. The number of thiophene rings is 1. The molecular formula is C15H9FN2O2S. The Hall–Kier alpha value is -2.65. The number of ether oxygens (including phenoxy) is 1. The number of rotatable bonds is 2. The number of esters is 1. The van der Waals surface area contributed by atoms with E-state index in [4.69, 9.17) is 11.3 Å². The van der Waals surface area contributed by atoms with E-state index in [-0.39, 0.29) is 11.5 Å². The van der Waals surface area contributed by atoms with E-state index < -0.39 is 5.97 Å². The first-order valence-corrected chi connectivity index (χ1v) is 6.88. The first-order valence-electron chi connectivity index (χ1n) is 6.00. The lowest BCUT2D eigenvalue weighted by molar-refractivity contribution is 0.0596. The summed E-state index contributed by atoms with van der Waals surface area (Å²) in [5, 5.41) is 1.72. The molecule has 6 heteroatoms. The Bertz CT molecular complexity index is 872. The number of fused-ring (bicyclic) bond motifs is 1. The molecule has 1 aromatic carbocycles. The number of nitrogens with one attached hydrogen (secondary N) is 1. The third kappa shape index (κ3) is 2.08. The highest BCUT2D eigenvalue weighted by atomic mass is 32.1. The van der Waals surface area contributed by atoms with Gasteiger partial charge >= 0.3 is 5.97 Å². The van der Waals surface area contributed by atoms with Crippen LogP contribution < -0.4 is 0 Å². The van der Waals surface area contributed by atoms with Crippen LogP contribution in [-0.4, -0.2) is 18.1 Å². The lowest BCUT2D eigenvalue weighted by Gasteiger charge is -2.03. The highest BCUT2D eigenvalue weighted by molar-refractivity contribution is 7.18. The van der Waals surface area contributed by atoms with Crippen molar-refractivity contribution in [3.05, 3.63) is 52.6 Å². The molecule has 0 aliphatic rings. The van der Waals surface area contributed by atoms with Crippen molar-refractivity contribution >= 4 is 33.2 Å². The molecule has 0 bridgehead atoms. The molecule has 0 amide bonds. The molecular weight excluding hydrogens is 291 g/mol. The van der Waals surface area contributed by atoms with Crippen LogP contribution in [-0.2, 0) is 4.74 Å². The molecule has 3 rings (SSSR count). The predicted molar refractivity (Wildman–Crippen MR) is 79.2 cm³/mol. The molecule has 0 radical (unpaired) electrons. The number of nitrogens with zero attached hydrogens (tertiary/aromatic N) is 1. The summed E-state index contributed by atoms with van der Waals surface area (Å²) < 4.78 is 18.7. The van der Waals surface area contributed by atoms with Gasteiger partial charge in [0.2, 0.25) is 5.69 Å². The molecule has 21 heavy (non-hydrogen) atoms. The van der Waals surface area contributed by atoms with Gasteiger partial charge in [0.25, 0.3) is 0 Å². The summed E-state index contributed by atoms with van der Waals surface area (Å²) in [4.78, 5) is 18.3. The number of benzene rings is 1. The van der Waals surface area contributed by atoms with Crippen molar-refractivity contribution in [2.45, 2.75) is 0 Å². The summed E-state index contributed by atoms with van der Waals surface area (Å²) in [7, 11) is 1.29. The van der Waals surface area contributed by atoms with Crippen LogP contribution in [0.2, 0.25) is 0 Å². The van der Waals surface area contributed by atoms with Gasteiger partial charge < -0.3 is 9.72 Å². The van der Waals surface area contributed by atoms with Crippen molar-refractivity contribution in [1.29, 1.82) is 0 Å². The fourth-order valence-electron chi connectivity index (χ4n) is 2.18. The molecule has 4 nitrogen and oxygen atoms in total. The van der Waals surface area contributed by atoms with Gasteiger partial charge in [-0.05, 0) is 23.1 Å². The zero-order valence-corrected chi connectivity index (χ0v) is 11.8. The second-order valence-electron chi connectivity index (χ2n) is 4.31. The summed E-state index contributed by atoms with van der Waals surface area (Å²) in [5.41, 5.74) is 2.66. The number of aromatic nitrogens is 1. The van der Waals surface area contributed by atoms with Gasteiger partial charge in [0, 0.05) is 10.3 Å². The van der Waals surface area contributed by atoms with Crippen LogP contribution in [0.4, 0.5) is 10.1 Å². The Balaban J connectivity index is 2.32. The molecule has 0 saturated heterocycles. The average Bonchev–Trinajstić information content (AvgIpc) is 3.06. The number of carbonyl (C=O) groups excluding carboxylic acids is 1. The number of H-pyrrole nitrogens is 1. The number of halogens is 1. The van der Waals surface area contributed by atoms with Gasteiger partial charge in [0.1, 0.15) is 11.5 Å². The van der Waals surface area contributed by atoms with Gasteiger partial charge in [0.15, 0.2) is 0 Å². The number of hydrogen-bond donors (Lipinski definition) is 1. The fraction of sp³-hybridized carbons (Fsp3) is 0.0667. The van der Waals surface area contributed by atoms with Crippen LogP contribution in [0, 0.1) is 12.4 Å². The molecule has 0 spiro atoms. The maximum absolute atomic E-state index is 13.1. The Labute approximate surface area is 123 Å². The van der Waals surface area contributed by atoms with Gasteiger partial charge in [-0.1, -0.05) is 12.1 Å². The first-order chi connectivity index (χ1) is 10.2. The van der Waals surface area contributed by atoms with Crippen molar-refractivity contribution in [3.8, 4) is 11.1 Å². The number of methoxy groups -OCH3 is 1. The van der Waals surface area contributed by atoms with Crippen molar-refractivity contribution in [2.24, 2.45) is 0 Å². The van der Waals surface area contributed by atoms with Crippen LogP contribution >= 0.6 is 11.3 Å². The maximum atomic E-state index is 13.1. The van der Waals surface area contributed by atoms with Crippen LogP contribution in [0.3, 0.4) is 0 Å². The topological polar surface area (TPSA) is 46.5 Å². The zero-order valence-electron chi connectivity index (χ0n) is 10.9. The zero-order chi connectivity index (χ0) is 15.0. The van der Waals surface area contributed by atoms with E-state index in [2.05, 4.69) is 9.83 Å². The van der Waals surface area contributed by atoms with E-state index in [1.54, 1.807) is 17.5 Å². The average molecular weight is 300 g/mol. The van der Waals surface area contributed by atoms with E-state index in [0.717, 1.165) is 4.70 Å². The summed E-state index contributed by atoms with van der Waals surface area (Å²) in [6, 6.07) is 5.86. The van der Waals surface area contributed by atoms with Crippen LogP contribution in [0.25, 0.3) is 26.2 Å². The molecule has 0 unspecified atom stereocenters. The van der Waals surface area contributed by atoms with Gasteiger partial charge in [-0.2, -0.15) is 11.3 Å². The second kappa shape index (κ2) is 5.04. The Kier molecular flexibility index (Phi) is 3.20. The molecule has 0 fully saturated rings. The highest BCUT2D eigenvalue weighted by Gasteiger charge is 2.22. The van der Waals surface area contributed by atoms with Crippen LogP contribution in [0.5, 0.6) is 0 Å². The third-order valence-corrected chi connectivity index (χ3v) is 4.13. The van der Waals surface area contributed by atoms with Crippen molar-refractivity contribution in [3.63, 3.8) is 0 Å². The Morgan fingerprint density at radius 3 is 2.71 bits per heavy atom. The highest BCUT2D eigenvalue weighted by Crippen LogP contribution is 2.41. The summed E-state index contributed by atoms with van der Waals surface area (Å²) in [6.07, 6.45) is 0. The quantitative estimate of drug-likeness (QED) is 0.564. The number of aromatic amines is 1. The second-order valence-corrected chi connectivity index (χ2v) is 5.19. The minimum atomic E-state index is -0.520. The van der Waals surface area contributed by atoms with E-state index in [1.165, 1.54) is 30.6 Å². The largest absolute Gasteiger partial charge is 0.464 e. The van der Waals surface area contributed by atoms with Gasteiger partial charge in [-0.25, -0.2) is 14.0 Å². The summed E-state index contributed by atoms with van der Waals surface area (Å²) in [6.45, 7) is 7.15. The van der Waals surface area contributed by atoms with Crippen molar-refractivity contribution < 1.29 is 13.9 Å². The predicted octanol–water partition coefficient (Wildman–Crippen LogP) is 4.37. The molecule has 2 heterocycles. The molecule has 0 atom stereocenters. The van der Waals surface area contributed by atoms with Gasteiger partial charge in [0.05, 0.1) is 19.2 Å². The van der Waals surface area contributed by atoms with E-state index in [1.807, 2.05) is 0 Å². The molecule has 0 aliphatic carbocycles. The summed E-state index contributed by atoms with van der Waals surface area (Å²) in [5.74, 6) is -0.869. The van der Waals surface area contributed by atoms with E-state index in [9.17, 15) is 9.18 Å². The lowest BCUT2D eigenvalue weighted by Crippen LogP contribution is -2.03. The lowest BCUT2D eigenvalue weighted by atomic mass is 10.1.